The molecule has 1 N–H and O–H groups in total. The summed E-state index contributed by atoms with van der Waals surface area (Å²) in [4.78, 5) is 7.79. The first kappa shape index (κ1) is 14.0. The number of rotatable bonds is 2. The zero-order valence-corrected chi connectivity index (χ0v) is 13.9. The second-order valence-electron chi connectivity index (χ2n) is 6.26. The SMILES string of the molecule is Cn1cc(-c2ccnc3[nH]cc(-c4ccc5nn(C)cc5c4)c23)cn1. The number of benzene rings is 1. The lowest BCUT2D eigenvalue weighted by Crippen LogP contribution is -1.85. The van der Waals surface area contributed by atoms with Gasteiger partial charge >= 0.3 is 0 Å². The van der Waals surface area contributed by atoms with Gasteiger partial charge in [0.1, 0.15) is 5.65 Å². The first-order chi connectivity index (χ1) is 12.2. The smallest absolute Gasteiger partial charge is 0.138 e. The minimum atomic E-state index is 0.877. The third-order valence-electron chi connectivity index (χ3n) is 4.52. The van der Waals surface area contributed by atoms with Crippen molar-refractivity contribution in [2.45, 2.75) is 0 Å². The van der Waals surface area contributed by atoms with Crippen LogP contribution >= 0.6 is 0 Å². The largest absolute Gasteiger partial charge is 0.345 e. The molecule has 5 aromatic rings. The van der Waals surface area contributed by atoms with Crippen molar-refractivity contribution in [2.24, 2.45) is 14.1 Å². The minimum Gasteiger partial charge on any atom is -0.345 e. The maximum Gasteiger partial charge on any atom is 0.138 e. The third kappa shape index (κ3) is 2.15. The van der Waals surface area contributed by atoms with E-state index in [0.29, 0.717) is 0 Å². The highest BCUT2D eigenvalue weighted by molar-refractivity contribution is 6.04. The summed E-state index contributed by atoms with van der Waals surface area (Å²) in [6.45, 7) is 0. The predicted molar refractivity (Wildman–Crippen MR) is 98.0 cm³/mol. The van der Waals surface area contributed by atoms with Gasteiger partial charge in [-0.3, -0.25) is 9.36 Å². The molecule has 0 saturated heterocycles. The second-order valence-corrected chi connectivity index (χ2v) is 6.26. The molecule has 6 heteroatoms. The number of aryl methyl sites for hydroxylation is 2. The van der Waals surface area contributed by atoms with Crippen molar-refractivity contribution in [1.82, 2.24) is 29.5 Å². The quantitative estimate of drug-likeness (QED) is 0.539. The highest BCUT2D eigenvalue weighted by atomic mass is 15.2. The standard InChI is InChI=1S/C19H16N6/c1-24-11-14(8-22-24)15-5-6-20-19-18(15)16(9-21-19)12-3-4-17-13(7-12)10-25(2)23-17/h3-11H,1-2H3,(H,20,21). The van der Waals surface area contributed by atoms with Crippen LogP contribution < -0.4 is 0 Å². The number of pyridine rings is 1. The van der Waals surface area contributed by atoms with Gasteiger partial charge in [-0.2, -0.15) is 10.2 Å². The molecule has 0 aliphatic carbocycles. The van der Waals surface area contributed by atoms with E-state index in [4.69, 9.17) is 0 Å². The molecule has 0 atom stereocenters. The molecule has 0 amide bonds. The van der Waals surface area contributed by atoms with Gasteiger partial charge in [0, 0.05) is 60.8 Å². The highest BCUT2D eigenvalue weighted by Gasteiger charge is 2.14. The number of H-pyrrole nitrogens is 1. The van der Waals surface area contributed by atoms with Crippen molar-refractivity contribution in [1.29, 1.82) is 0 Å². The van der Waals surface area contributed by atoms with Crippen LogP contribution in [0.3, 0.4) is 0 Å². The Morgan fingerprint density at radius 2 is 1.88 bits per heavy atom. The molecule has 4 aromatic heterocycles. The van der Waals surface area contributed by atoms with Crippen LogP contribution in [0.25, 0.3) is 44.2 Å². The van der Waals surface area contributed by atoms with Gasteiger partial charge in [0.2, 0.25) is 0 Å². The summed E-state index contributed by atoms with van der Waals surface area (Å²) < 4.78 is 3.65. The molecule has 0 aliphatic heterocycles. The monoisotopic (exact) mass is 328 g/mol. The Kier molecular flexibility index (Phi) is 2.82. The van der Waals surface area contributed by atoms with Crippen LogP contribution in [-0.2, 0) is 14.1 Å². The fraction of sp³-hybridized carbons (Fsp3) is 0.105. The third-order valence-corrected chi connectivity index (χ3v) is 4.52. The summed E-state index contributed by atoms with van der Waals surface area (Å²) in [5.41, 5.74) is 6.36. The number of fused-ring (bicyclic) bond motifs is 2. The first-order valence-corrected chi connectivity index (χ1v) is 8.08. The Bertz CT molecular complexity index is 1220. The van der Waals surface area contributed by atoms with E-state index in [1.807, 2.05) is 60.5 Å². The number of hydrogen-bond acceptors (Lipinski definition) is 3. The van der Waals surface area contributed by atoms with E-state index in [9.17, 15) is 0 Å². The van der Waals surface area contributed by atoms with Crippen molar-refractivity contribution in [2.75, 3.05) is 0 Å². The van der Waals surface area contributed by atoms with Gasteiger partial charge in [-0.05, 0) is 29.3 Å². The Morgan fingerprint density at radius 3 is 2.72 bits per heavy atom. The lowest BCUT2D eigenvalue weighted by atomic mass is 9.99. The average Bonchev–Trinajstić information content (AvgIpc) is 3.30. The van der Waals surface area contributed by atoms with Gasteiger partial charge in [-0.25, -0.2) is 4.98 Å². The molecule has 0 radical (unpaired) electrons. The summed E-state index contributed by atoms with van der Waals surface area (Å²) in [6.07, 6.45) is 9.80. The van der Waals surface area contributed by atoms with Crippen LogP contribution in [0.4, 0.5) is 0 Å². The van der Waals surface area contributed by atoms with Crippen LogP contribution in [0.15, 0.2) is 55.2 Å². The maximum absolute atomic E-state index is 4.49. The van der Waals surface area contributed by atoms with E-state index in [-0.39, 0.29) is 0 Å². The molecule has 0 aliphatic rings. The molecule has 25 heavy (non-hydrogen) atoms. The summed E-state index contributed by atoms with van der Waals surface area (Å²) >= 11 is 0. The van der Waals surface area contributed by atoms with E-state index in [0.717, 1.165) is 44.2 Å². The predicted octanol–water partition coefficient (Wildman–Crippen LogP) is 3.52. The summed E-state index contributed by atoms with van der Waals surface area (Å²) in [7, 11) is 3.87. The fourth-order valence-corrected chi connectivity index (χ4v) is 3.40. The molecule has 6 nitrogen and oxygen atoms in total. The topological polar surface area (TPSA) is 64.3 Å². The average molecular weight is 328 g/mol. The molecule has 4 heterocycles. The van der Waals surface area contributed by atoms with E-state index in [1.54, 1.807) is 0 Å². The molecule has 0 fully saturated rings. The number of aromatic amines is 1. The van der Waals surface area contributed by atoms with E-state index < -0.39 is 0 Å². The molecule has 5 rings (SSSR count). The van der Waals surface area contributed by atoms with Gasteiger partial charge in [0.15, 0.2) is 0 Å². The van der Waals surface area contributed by atoms with Crippen molar-refractivity contribution in [3.63, 3.8) is 0 Å². The Hall–Kier alpha value is -3.41. The van der Waals surface area contributed by atoms with Gasteiger partial charge in [0.25, 0.3) is 0 Å². The molecule has 0 saturated carbocycles. The number of aromatic nitrogens is 6. The lowest BCUT2D eigenvalue weighted by Gasteiger charge is -2.04. The lowest BCUT2D eigenvalue weighted by molar-refractivity contribution is 0.768. The van der Waals surface area contributed by atoms with Crippen molar-refractivity contribution >= 4 is 21.9 Å². The number of nitrogens with zero attached hydrogens (tertiary/aromatic N) is 5. The van der Waals surface area contributed by atoms with Gasteiger partial charge in [-0.15, -0.1) is 0 Å². The maximum atomic E-state index is 4.49. The van der Waals surface area contributed by atoms with Crippen LogP contribution in [-0.4, -0.2) is 29.5 Å². The van der Waals surface area contributed by atoms with Crippen molar-refractivity contribution < 1.29 is 0 Å². The van der Waals surface area contributed by atoms with Crippen LogP contribution in [0.5, 0.6) is 0 Å². The Balaban J connectivity index is 1.78. The first-order valence-electron chi connectivity index (χ1n) is 8.08. The fourth-order valence-electron chi connectivity index (χ4n) is 3.40. The van der Waals surface area contributed by atoms with Crippen molar-refractivity contribution in [3.05, 3.63) is 55.2 Å². The molecule has 0 bridgehead atoms. The van der Waals surface area contributed by atoms with Crippen molar-refractivity contribution in [3.8, 4) is 22.3 Å². The second kappa shape index (κ2) is 5.04. The van der Waals surface area contributed by atoms with E-state index in [1.165, 1.54) is 0 Å². The Morgan fingerprint density at radius 1 is 0.960 bits per heavy atom. The zero-order valence-electron chi connectivity index (χ0n) is 13.9. The number of nitrogens with one attached hydrogen (secondary N) is 1. The molecule has 0 unspecified atom stereocenters. The van der Waals surface area contributed by atoms with E-state index >= 15 is 0 Å². The highest BCUT2D eigenvalue weighted by Crippen LogP contribution is 2.36. The summed E-state index contributed by atoms with van der Waals surface area (Å²) in [5, 5.41) is 11.0. The normalized spacial score (nSPS) is 11.6. The van der Waals surface area contributed by atoms with Gasteiger partial charge < -0.3 is 4.98 Å². The summed E-state index contributed by atoms with van der Waals surface area (Å²) in [5.74, 6) is 0. The zero-order chi connectivity index (χ0) is 17.0. The van der Waals surface area contributed by atoms with Crippen LogP contribution in [0.2, 0.25) is 0 Å². The molecular weight excluding hydrogens is 312 g/mol. The Labute approximate surface area is 143 Å². The molecule has 0 spiro atoms. The molecule has 1 aromatic carbocycles. The number of hydrogen-bond donors (Lipinski definition) is 1. The molecular formula is C19H16N6. The van der Waals surface area contributed by atoms with E-state index in [2.05, 4.69) is 38.4 Å². The molecule has 122 valence electrons. The van der Waals surface area contributed by atoms with Gasteiger partial charge in [-0.1, -0.05) is 6.07 Å². The van der Waals surface area contributed by atoms with Crippen LogP contribution in [0, 0.1) is 0 Å². The minimum absolute atomic E-state index is 0.877. The van der Waals surface area contributed by atoms with Crippen LogP contribution in [0.1, 0.15) is 0 Å². The van der Waals surface area contributed by atoms with Gasteiger partial charge in [0.05, 0.1) is 11.7 Å². The summed E-state index contributed by atoms with van der Waals surface area (Å²) in [6, 6.07) is 8.38.